The highest BCUT2D eigenvalue weighted by Crippen LogP contribution is 2.43. The van der Waals surface area contributed by atoms with E-state index in [1.54, 1.807) is 18.0 Å². The molecule has 2 heterocycles. The Bertz CT molecular complexity index is 1260. The van der Waals surface area contributed by atoms with Gasteiger partial charge in [0.25, 0.3) is 0 Å². The molecule has 0 saturated carbocycles. The van der Waals surface area contributed by atoms with Crippen molar-refractivity contribution in [1.82, 2.24) is 9.97 Å². The second-order valence-electron chi connectivity index (χ2n) is 9.39. The number of aromatic amines is 1. The summed E-state index contributed by atoms with van der Waals surface area (Å²) in [7, 11) is 0. The second kappa shape index (κ2) is 11.0. The predicted molar refractivity (Wildman–Crippen MR) is 142 cm³/mol. The van der Waals surface area contributed by atoms with Gasteiger partial charge in [-0.3, -0.25) is 9.78 Å². The topological polar surface area (TPSA) is 64.2 Å². The van der Waals surface area contributed by atoms with Crippen LogP contribution < -0.4 is 4.74 Å². The number of benzene rings is 2. The first-order valence-electron chi connectivity index (χ1n) is 11.9. The maximum atomic E-state index is 13.2. The van der Waals surface area contributed by atoms with Gasteiger partial charge in [-0.25, -0.2) is 0 Å². The predicted octanol–water partition coefficient (Wildman–Crippen LogP) is 6.92. The van der Waals surface area contributed by atoms with Gasteiger partial charge in [0.05, 0.1) is 12.3 Å². The molecule has 0 fully saturated rings. The van der Waals surface area contributed by atoms with Crippen LogP contribution in [0, 0.1) is 0 Å². The van der Waals surface area contributed by atoms with E-state index in [0.29, 0.717) is 19.6 Å². The summed E-state index contributed by atoms with van der Waals surface area (Å²) in [6, 6.07) is 21.9. The first kappa shape index (κ1) is 24.9. The van der Waals surface area contributed by atoms with E-state index in [-0.39, 0.29) is 10.7 Å². The standard InChI is InChI=1S/C29H32N2O3S/c1-5-33-28(32)24(17-20-11-7-6-8-12-20)26-27(35-29(2,3)4)23-18-22(14-15-25(23)31-26)34-19-21-13-9-10-16-30-21/h6-16,18,24,31H,5,17,19H2,1-4H3. The molecule has 0 spiro atoms. The number of nitrogens with zero attached hydrogens (tertiary/aromatic N) is 1. The molecule has 0 aliphatic carbocycles. The SMILES string of the molecule is CCOC(=O)C(Cc1ccccc1)c1[nH]c2ccc(OCc3ccccn3)cc2c1SC(C)(C)C. The number of nitrogens with one attached hydrogen (secondary N) is 1. The highest BCUT2D eigenvalue weighted by atomic mass is 32.2. The monoisotopic (exact) mass is 488 g/mol. The Hall–Kier alpha value is -3.25. The lowest BCUT2D eigenvalue weighted by molar-refractivity contribution is -0.145. The van der Waals surface area contributed by atoms with Crippen LogP contribution in [-0.2, 0) is 22.6 Å². The van der Waals surface area contributed by atoms with Crippen molar-refractivity contribution >= 4 is 28.6 Å². The summed E-state index contributed by atoms with van der Waals surface area (Å²) in [5, 5.41) is 1.04. The number of aromatic nitrogens is 2. The van der Waals surface area contributed by atoms with Crippen LogP contribution in [0.25, 0.3) is 10.9 Å². The average Bonchev–Trinajstić information content (AvgIpc) is 3.18. The lowest BCUT2D eigenvalue weighted by atomic mass is 9.96. The third-order valence-electron chi connectivity index (χ3n) is 5.47. The van der Waals surface area contributed by atoms with Crippen molar-refractivity contribution in [2.75, 3.05) is 6.61 Å². The van der Waals surface area contributed by atoms with Gasteiger partial charge in [0, 0.05) is 32.4 Å². The van der Waals surface area contributed by atoms with Crippen LogP contribution in [0.15, 0.2) is 77.8 Å². The van der Waals surface area contributed by atoms with Gasteiger partial charge >= 0.3 is 5.97 Å². The Labute approximate surface area is 211 Å². The van der Waals surface area contributed by atoms with Crippen LogP contribution in [0.5, 0.6) is 5.75 Å². The van der Waals surface area contributed by atoms with E-state index in [1.807, 2.05) is 55.5 Å². The summed E-state index contributed by atoms with van der Waals surface area (Å²) in [6.45, 7) is 9.12. The zero-order chi connectivity index (χ0) is 24.8. The number of hydrogen-bond acceptors (Lipinski definition) is 5. The number of pyridine rings is 1. The Morgan fingerprint density at radius 3 is 2.51 bits per heavy atom. The summed E-state index contributed by atoms with van der Waals surface area (Å²) >= 11 is 1.75. The lowest BCUT2D eigenvalue weighted by Crippen LogP contribution is -2.20. The maximum absolute atomic E-state index is 13.2. The van der Waals surface area contributed by atoms with E-state index in [0.717, 1.165) is 38.5 Å². The minimum atomic E-state index is -0.438. The smallest absolute Gasteiger partial charge is 0.315 e. The second-order valence-corrected chi connectivity index (χ2v) is 11.2. The number of ether oxygens (including phenoxy) is 2. The summed E-state index contributed by atoms with van der Waals surface area (Å²) in [6.07, 6.45) is 2.33. The van der Waals surface area contributed by atoms with Crippen LogP contribution in [-0.4, -0.2) is 27.3 Å². The minimum absolute atomic E-state index is 0.0549. The highest BCUT2D eigenvalue weighted by molar-refractivity contribution is 8.00. The molecule has 6 heteroatoms. The number of esters is 1. The normalized spacial score (nSPS) is 12.5. The van der Waals surface area contributed by atoms with Crippen molar-refractivity contribution < 1.29 is 14.3 Å². The van der Waals surface area contributed by atoms with Gasteiger partial charge < -0.3 is 14.5 Å². The van der Waals surface area contributed by atoms with Crippen molar-refractivity contribution in [2.24, 2.45) is 0 Å². The fraction of sp³-hybridized carbons (Fsp3) is 0.310. The van der Waals surface area contributed by atoms with Gasteiger partial charge in [0.1, 0.15) is 18.3 Å². The number of carbonyl (C=O) groups is 1. The molecule has 4 aromatic rings. The molecule has 1 unspecified atom stereocenters. The molecule has 182 valence electrons. The molecule has 5 nitrogen and oxygen atoms in total. The van der Waals surface area contributed by atoms with Gasteiger partial charge in [-0.1, -0.05) is 57.2 Å². The van der Waals surface area contributed by atoms with Crippen molar-refractivity contribution in [1.29, 1.82) is 0 Å². The Morgan fingerprint density at radius 1 is 1.06 bits per heavy atom. The van der Waals surface area contributed by atoms with E-state index < -0.39 is 5.92 Å². The molecule has 2 aromatic carbocycles. The summed E-state index contributed by atoms with van der Waals surface area (Å²) in [5.41, 5.74) is 3.83. The molecule has 0 radical (unpaired) electrons. The molecule has 1 atom stereocenters. The first-order valence-corrected chi connectivity index (χ1v) is 12.7. The lowest BCUT2D eigenvalue weighted by Gasteiger charge is -2.21. The van der Waals surface area contributed by atoms with Crippen molar-refractivity contribution in [2.45, 2.75) is 56.3 Å². The third kappa shape index (κ3) is 6.45. The van der Waals surface area contributed by atoms with Gasteiger partial charge in [-0.05, 0) is 49.2 Å². The van der Waals surface area contributed by atoms with Gasteiger partial charge in [0.2, 0.25) is 0 Å². The van der Waals surface area contributed by atoms with Gasteiger partial charge in [-0.15, -0.1) is 11.8 Å². The Morgan fingerprint density at radius 2 is 1.83 bits per heavy atom. The first-order chi connectivity index (χ1) is 16.8. The van der Waals surface area contributed by atoms with E-state index >= 15 is 0 Å². The Kier molecular flexibility index (Phi) is 7.81. The molecule has 0 aliphatic heterocycles. The number of rotatable bonds is 9. The zero-order valence-electron chi connectivity index (χ0n) is 20.7. The van der Waals surface area contributed by atoms with E-state index in [9.17, 15) is 4.79 Å². The van der Waals surface area contributed by atoms with E-state index in [1.165, 1.54) is 0 Å². The molecule has 1 N–H and O–H groups in total. The van der Waals surface area contributed by atoms with Crippen molar-refractivity contribution in [3.05, 3.63) is 89.9 Å². The fourth-order valence-electron chi connectivity index (χ4n) is 3.96. The maximum Gasteiger partial charge on any atom is 0.315 e. The van der Waals surface area contributed by atoms with E-state index in [2.05, 4.69) is 48.9 Å². The van der Waals surface area contributed by atoms with E-state index in [4.69, 9.17) is 9.47 Å². The average molecular weight is 489 g/mol. The van der Waals surface area contributed by atoms with Crippen LogP contribution in [0.1, 0.15) is 50.6 Å². The van der Waals surface area contributed by atoms with Gasteiger partial charge in [-0.2, -0.15) is 0 Å². The van der Waals surface area contributed by atoms with Crippen molar-refractivity contribution in [3.63, 3.8) is 0 Å². The van der Waals surface area contributed by atoms with Crippen LogP contribution in [0.2, 0.25) is 0 Å². The summed E-state index contributed by atoms with van der Waals surface area (Å²) in [5.74, 6) is 0.109. The molecule has 0 bridgehead atoms. The number of hydrogen-bond donors (Lipinski definition) is 1. The Balaban J connectivity index is 1.75. The van der Waals surface area contributed by atoms with Crippen LogP contribution >= 0.6 is 11.8 Å². The number of thioether (sulfide) groups is 1. The largest absolute Gasteiger partial charge is 0.487 e. The molecule has 35 heavy (non-hydrogen) atoms. The molecule has 2 aromatic heterocycles. The summed E-state index contributed by atoms with van der Waals surface area (Å²) < 4.78 is 11.5. The number of carbonyl (C=O) groups excluding carboxylic acids is 1. The molecule has 0 amide bonds. The molecule has 0 aliphatic rings. The van der Waals surface area contributed by atoms with Crippen molar-refractivity contribution in [3.8, 4) is 5.75 Å². The summed E-state index contributed by atoms with van der Waals surface area (Å²) in [4.78, 5) is 22.1. The quantitative estimate of drug-likeness (QED) is 0.205. The number of H-pyrrole nitrogens is 1. The molecule has 0 saturated heterocycles. The zero-order valence-corrected chi connectivity index (χ0v) is 21.5. The number of fused-ring (bicyclic) bond motifs is 1. The highest BCUT2D eigenvalue weighted by Gasteiger charge is 2.30. The molecular formula is C29H32N2O3S. The van der Waals surface area contributed by atoms with Crippen LogP contribution in [0.3, 0.4) is 0 Å². The third-order valence-corrected chi connectivity index (χ3v) is 6.73. The minimum Gasteiger partial charge on any atom is -0.487 e. The fourth-order valence-corrected chi connectivity index (χ4v) is 5.15. The molecule has 4 rings (SSSR count). The van der Waals surface area contributed by atoms with Crippen LogP contribution in [0.4, 0.5) is 0 Å². The molecular weight excluding hydrogens is 456 g/mol. The van der Waals surface area contributed by atoms with Gasteiger partial charge in [0.15, 0.2) is 0 Å².